The molecule has 0 aliphatic carbocycles. The van der Waals surface area contributed by atoms with Crippen molar-refractivity contribution in [3.63, 3.8) is 0 Å². The average molecular weight is 545 g/mol. The highest BCUT2D eigenvalue weighted by Gasteiger charge is 2.19. The van der Waals surface area contributed by atoms with Crippen LogP contribution < -0.4 is 17.1 Å². The van der Waals surface area contributed by atoms with Gasteiger partial charge in [0.1, 0.15) is 0 Å². The lowest BCUT2D eigenvalue weighted by molar-refractivity contribution is 0.492. The Hall–Kier alpha value is -3.06. The molecule has 0 spiro atoms. The van der Waals surface area contributed by atoms with E-state index in [2.05, 4.69) is 0 Å². The summed E-state index contributed by atoms with van der Waals surface area (Å²) in [5.74, 6) is 0. The number of aromatic nitrogens is 3. The molecule has 0 saturated carbocycles. The summed E-state index contributed by atoms with van der Waals surface area (Å²) >= 11 is 19.2. The zero-order chi connectivity index (χ0) is 26.1. The van der Waals surface area contributed by atoms with Crippen LogP contribution in [0.5, 0.6) is 0 Å². The summed E-state index contributed by atoms with van der Waals surface area (Å²) in [7, 11) is 0. The van der Waals surface area contributed by atoms with E-state index in [0.29, 0.717) is 31.8 Å². The molecule has 0 aliphatic rings. The quantitative estimate of drug-likeness (QED) is 0.335. The summed E-state index contributed by atoms with van der Waals surface area (Å²) in [6.07, 6.45) is 0. The number of aryl methyl sites for hydroxylation is 3. The van der Waals surface area contributed by atoms with E-state index in [9.17, 15) is 14.4 Å². The molecule has 0 fully saturated rings. The molecule has 0 saturated heterocycles. The highest BCUT2D eigenvalue weighted by atomic mass is 35.5. The van der Waals surface area contributed by atoms with Crippen molar-refractivity contribution in [1.82, 2.24) is 13.7 Å². The molecule has 0 amide bonds. The van der Waals surface area contributed by atoms with Crippen LogP contribution in [-0.2, 0) is 19.6 Å². The maximum atomic E-state index is 13.5. The Morgan fingerprint density at radius 2 is 0.750 bits per heavy atom. The fourth-order valence-corrected chi connectivity index (χ4v) is 4.83. The maximum Gasteiger partial charge on any atom is 0.336 e. The van der Waals surface area contributed by atoms with E-state index >= 15 is 0 Å². The molecule has 0 aliphatic heterocycles. The van der Waals surface area contributed by atoms with E-state index in [1.165, 1.54) is 0 Å². The van der Waals surface area contributed by atoms with Crippen molar-refractivity contribution < 1.29 is 0 Å². The van der Waals surface area contributed by atoms with Crippen LogP contribution >= 0.6 is 34.8 Å². The van der Waals surface area contributed by atoms with Crippen LogP contribution in [0.25, 0.3) is 0 Å². The van der Waals surface area contributed by atoms with Crippen LogP contribution in [-0.4, -0.2) is 13.7 Å². The molecular formula is C27H24Cl3N3O3. The lowest BCUT2D eigenvalue weighted by Crippen LogP contribution is -2.54. The van der Waals surface area contributed by atoms with Crippen LogP contribution in [0.3, 0.4) is 0 Å². The average Bonchev–Trinajstić information content (AvgIpc) is 2.81. The smallest absolute Gasteiger partial charge is 0.247 e. The van der Waals surface area contributed by atoms with Crippen LogP contribution in [0.1, 0.15) is 33.4 Å². The van der Waals surface area contributed by atoms with Crippen molar-refractivity contribution in [2.24, 2.45) is 0 Å². The summed E-state index contributed by atoms with van der Waals surface area (Å²) in [6.45, 7) is 5.39. The van der Waals surface area contributed by atoms with E-state index in [1.54, 1.807) is 36.4 Å². The minimum absolute atomic E-state index is 0.0969. The molecule has 36 heavy (non-hydrogen) atoms. The normalized spacial score (nSPS) is 11.2. The Kier molecular flexibility index (Phi) is 7.59. The SMILES string of the molecule is Cc1ccc(Cn2c(=O)n(Cc3ccc(C)cc3Cl)c(=O)n(Cc3ccc(C)cc3Cl)c2=O)c(Cl)c1. The molecule has 4 rings (SSSR count). The Morgan fingerprint density at radius 1 is 0.500 bits per heavy atom. The van der Waals surface area contributed by atoms with Gasteiger partial charge in [0.05, 0.1) is 19.6 Å². The molecule has 6 nitrogen and oxygen atoms in total. The number of hydrogen-bond donors (Lipinski definition) is 0. The summed E-state index contributed by atoms with van der Waals surface area (Å²) in [6, 6.07) is 16.1. The van der Waals surface area contributed by atoms with E-state index < -0.39 is 17.1 Å². The van der Waals surface area contributed by atoms with Crippen molar-refractivity contribution in [2.75, 3.05) is 0 Å². The van der Waals surface area contributed by atoms with Crippen LogP contribution in [0.15, 0.2) is 69.0 Å². The zero-order valence-electron chi connectivity index (χ0n) is 20.0. The highest BCUT2D eigenvalue weighted by Crippen LogP contribution is 2.20. The van der Waals surface area contributed by atoms with E-state index in [4.69, 9.17) is 34.8 Å². The Bertz CT molecular complexity index is 1430. The van der Waals surface area contributed by atoms with Gasteiger partial charge in [-0.1, -0.05) is 71.2 Å². The largest absolute Gasteiger partial charge is 0.336 e. The first-order chi connectivity index (χ1) is 17.0. The van der Waals surface area contributed by atoms with Crippen LogP contribution in [0.4, 0.5) is 0 Å². The first-order valence-corrected chi connectivity index (χ1v) is 12.4. The first-order valence-electron chi connectivity index (χ1n) is 11.2. The third-order valence-corrected chi connectivity index (χ3v) is 7.05. The lowest BCUT2D eigenvalue weighted by Gasteiger charge is -2.16. The Labute approximate surface area is 222 Å². The van der Waals surface area contributed by atoms with E-state index in [1.807, 2.05) is 39.0 Å². The molecular weight excluding hydrogens is 521 g/mol. The van der Waals surface area contributed by atoms with Crippen LogP contribution in [0, 0.1) is 20.8 Å². The van der Waals surface area contributed by atoms with E-state index in [0.717, 1.165) is 30.4 Å². The summed E-state index contributed by atoms with van der Waals surface area (Å²) in [4.78, 5) is 40.5. The van der Waals surface area contributed by atoms with Gasteiger partial charge in [-0.05, 0) is 72.4 Å². The van der Waals surface area contributed by atoms with Gasteiger partial charge in [0.25, 0.3) is 0 Å². The van der Waals surface area contributed by atoms with Gasteiger partial charge in [-0.2, -0.15) is 0 Å². The number of benzene rings is 3. The predicted octanol–water partition coefficient (Wildman–Crippen LogP) is 5.20. The lowest BCUT2D eigenvalue weighted by atomic mass is 10.1. The van der Waals surface area contributed by atoms with Gasteiger partial charge in [0.15, 0.2) is 0 Å². The Balaban J connectivity index is 1.91. The number of nitrogens with zero attached hydrogens (tertiary/aromatic N) is 3. The fraction of sp³-hybridized carbons (Fsp3) is 0.222. The molecule has 9 heteroatoms. The van der Waals surface area contributed by atoms with Crippen molar-refractivity contribution in [3.05, 3.63) is 134 Å². The monoisotopic (exact) mass is 543 g/mol. The second-order valence-corrected chi connectivity index (χ2v) is 10.1. The molecule has 186 valence electrons. The van der Waals surface area contributed by atoms with Gasteiger partial charge in [-0.3, -0.25) is 0 Å². The van der Waals surface area contributed by atoms with Gasteiger partial charge in [0, 0.05) is 15.1 Å². The first kappa shape index (κ1) is 26.0. The topological polar surface area (TPSA) is 66.0 Å². The molecule has 1 aromatic heterocycles. The van der Waals surface area contributed by atoms with Gasteiger partial charge in [0.2, 0.25) is 0 Å². The van der Waals surface area contributed by atoms with Crippen molar-refractivity contribution >= 4 is 34.8 Å². The third-order valence-electron chi connectivity index (χ3n) is 6.00. The predicted molar refractivity (Wildman–Crippen MR) is 145 cm³/mol. The molecule has 4 aromatic rings. The number of rotatable bonds is 6. The van der Waals surface area contributed by atoms with Crippen molar-refractivity contribution in [2.45, 2.75) is 40.4 Å². The van der Waals surface area contributed by atoms with Crippen LogP contribution in [0.2, 0.25) is 15.1 Å². The summed E-state index contributed by atoms with van der Waals surface area (Å²) < 4.78 is 3.05. The second-order valence-electron chi connectivity index (χ2n) is 8.89. The minimum Gasteiger partial charge on any atom is -0.247 e. The van der Waals surface area contributed by atoms with Gasteiger partial charge in [-0.25, -0.2) is 28.1 Å². The standard InChI is InChI=1S/C27H24Cl3N3O3/c1-16-4-7-19(22(28)10-16)13-31-25(34)32(14-20-8-5-17(2)11-23(20)29)27(36)33(26(31)35)15-21-9-6-18(3)12-24(21)30/h4-12H,13-15H2,1-3H3. The van der Waals surface area contributed by atoms with E-state index in [-0.39, 0.29) is 19.6 Å². The molecule has 0 unspecified atom stereocenters. The fourth-order valence-electron chi connectivity index (χ4n) is 3.94. The summed E-state index contributed by atoms with van der Waals surface area (Å²) in [5, 5.41) is 1.27. The molecule has 0 radical (unpaired) electrons. The third kappa shape index (κ3) is 5.36. The number of hydrogen-bond acceptors (Lipinski definition) is 3. The van der Waals surface area contributed by atoms with Crippen molar-refractivity contribution in [3.8, 4) is 0 Å². The molecule has 0 N–H and O–H groups in total. The summed E-state index contributed by atoms with van der Waals surface area (Å²) in [5.41, 5.74) is 2.35. The van der Waals surface area contributed by atoms with Gasteiger partial charge < -0.3 is 0 Å². The molecule has 3 aromatic carbocycles. The highest BCUT2D eigenvalue weighted by molar-refractivity contribution is 6.32. The molecule has 0 atom stereocenters. The minimum atomic E-state index is -0.746. The van der Waals surface area contributed by atoms with Crippen molar-refractivity contribution in [1.29, 1.82) is 0 Å². The van der Waals surface area contributed by atoms with Gasteiger partial charge in [-0.15, -0.1) is 0 Å². The van der Waals surface area contributed by atoms with Gasteiger partial charge >= 0.3 is 17.1 Å². The molecule has 0 bridgehead atoms. The zero-order valence-corrected chi connectivity index (χ0v) is 22.3. The Morgan fingerprint density at radius 3 is 0.972 bits per heavy atom. The maximum absolute atomic E-state index is 13.5. The second kappa shape index (κ2) is 10.5. The number of halogens is 3. The molecule has 1 heterocycles.